The fourth-order valence-corrected chi connectivity index (χ4v) is 2.84. The Balaban J connectivity index is 2.07. The zero-order valence-electron chi connectivity index (χ0n) is 8.46. The molecule has 14 heavy (non-hydrogen) atoms. The molecule has 0 aromatic carbocycles. The van der Waals surface area contributed by atoms with Gasteiger partial charge in [-0.15, -0.1) is 11.3 Å². The predicted molar refractivity (Wildman–Crippen MR) is 56.3 cm³/mol. The van der Waals surface area contributed by atoms with Gasteiger partial charge in [0.2, 0.25) is 5.91 Å². The van der Waals surface area contributed by atoms with Crippen LogP contribution in [-0.4, -0.2) is 16.4 Å². The van der Waals surface area contributed by atoms with Crippen LogP contribution in [0.4, 0.5) is 0 Å². The Morgan fingerprint density at radius 2 is 2.50 bits per heavy atom. The second-order valence-corrected chi connectivity index (χ2v) is 5.45. The normalized spacial score (nSPS) is 26.6. The first-order chi connectivity index (χ1) is 6.57. The Morgan fingerprint density at radius 3 is 3.00 bits per heavy atom. The minimum absolute atomic E-state index is 0.0456. The molecule has 1 aliphatic rings. The smallest absolute Gasteiger partial charge is 0.220 e. The number of hydrogen-bond donors (Lipinski definition) is 1. The van der Waals surface area contributed by atoms with E-state index in [-0.39, 0.29) is 11.4 Å². The van der Waals surface area contributed by atoms with Gasteiger partial charge >= 0.3 is 0 Å². The van der Waals surface area contributed by atoms with E-state index in [1.165, 1.54) is 4.88 Å². The molecular weight excluding hydrogens is 196 g/mol. The summed E-state index contributed by atoms with van der Waals surface area (Å²) in [6.45, 7) is 4.11. The van der Waals surface area contributed by atoms with Crippen LogP contribution in [0.5, 0.6) is 0 Å². The number of aryl methyl sites for hydroxylation is 1. The summed E-state index contributed by atoms with van der Waals surface area (Å²) in [4.78, 5) is 16.6. The predicted octanol–water partition coefficient (Wildman–Crippen LogP) is 1.66. The minimum Gasteiger partial charge on any atom is -0.351 e. The topological polar surface area (TPSA) is 42.0 Å². The van der Waals surface area contributed by atoms with Gasteiger partial charge in [0.15, 0.2) is 0 Å². The number of thiazole rings is 1. The van der Waals surface area contributed by atoms with Gasteiger partial charge in [0, 0.05) is 29.5 Å². The van der Waals surface area contributed by atoms with Crippen LogP contribution < -0.4 is 5.32 Å². The molecule has 4 heteroatoms. The van der Waals surface area contributed by atoms with E-state index in [9.17, 15) is 4.79 Å². The van der Waals surface area contributed by atoms with Crippen LogP contribution in [0.15, 0.2) is 6.20 Å². The summed E-state index contributed by atoms with van der Waals surface area (Å²) in [6, 6.07) is 0. The van der Waals surface area contributed by atoms with Crippen molar-refractivity contribution in [3.05, 3.63) is 16.1 Å². The van der Waals surface area contributed by atoms with Gasteiger partial charge in [0.25, 0.3) is 0 Å². The van der Waals surface area contributed by atoms with E-state index in [0.29, 0.717) is 6.42 Å². The maximum absolute atomic E-state index is 11.1. The molecule has 1 N–H and O–H groups in total. The maximum atomic E-state index is 11.1. The third-order valence-corrected chi connectivity index (χ3v) is 3.49. The lowest BCUT2D eigenvalue weighted by atomic mass is 9.95. The molecule has 1 atom stereocenters. The van der Waals surface area contributed by atoms with Crippen molar-refractivity contribution in [3.8, 4) is 0 Å². The molecule has 2 rings (SSSR count). The van der Waals surface area contributed by atoms with E-state index in [2.05, 4.69) is 17.2 Å². The number of hydrogen-bond acceptors (Lipinski definition) is 3. The van der Waals surface area contributed by atoms with Crippen molar-refractivity contribution in [2.75, 3.05) is 0 Å². The van der Waals surface area contributed by atoms with Crippen molar-refractivity contribution in [2.24, 2.45) is 0 Å². The van der Waals surface area contributed by atoms with Gasteiger partial charge in [-0.1, -0.05) is 0 Å². The highest BCUT2D eigenvalue weighted by atomic mass is 32.1. The summed E-state index contributed by atoms with van der Waals surface area (Å²) in [6.07, 6.45) is 4.41. The van der Waals surface area contributed by atoms with Crippen molar-refractivity contribution in [2.45, 2.75) is 38.6 Å². The van der Waals surface area contributed by atoms with Crippen molar-refractivity contribution in [1.82, 2.24) is 10.3 Å². The van der Waals surface area contributed by atoms with E-state index in [1.807, 2.05) is 13.1 Å². The molecule has 1 saturated heterocycles. The van der Waals surface area contributed by atoms with Gasteiger partial charge in [0.05, 0.1) is 5.01 Å². The number of nitrogens with zero attached hydrogens (tertiary/aromatic N) is 1. The molecule has 3 nitrogen and oxygen atoms in total. The lowest BCUT2D eigenvalue weighted by Gasteiger charge is -2.22. The molecule has 0 aliphatic carbocycles. The zero-order chi connectivity index (χ0) is 10.2. The van der Waals surface area contributed by atoms with Crippen LogP contribution in [0, 0.1) is 6.92 Å². The van der Waals surface area contributed by atoms with Gasteiger partial charge in [-0.3, -0.25) is 4.79 Å². The number of aromatic nitrogens is 1. The number of rotatable bonds is 2. The lowest BCUT2D eigenvalue weighted by Crippen LogP contribution is -2.40. The molecule has 1 unspecified atom stereocenters. The Bertz CT molecular complexity index is 361. The molecule has 1 fully saturated rings. The molecular formula is C10H14N2OS. The van der Waals surface area contributed by atoms with E-state index in [1.54, 1.807) is 11.3 Å². The first-order valence-corrected chi connectivity index (χ1v) is 5.61. The van der Waals surface area contributed by atoms with Crippen LogP contribution in [0.25, 0.3) is 0 Å². The highest BCUT2D eigenvalue weighted by molar-refractivity contribution is 7.11. The monoisotopic (exact) mass is 210 g/mol. The Labute approximate surface area is 87.6 Å². The highest BCUT2D eigenvalue weighted by Gasteiger charge is 2.33. The van der Waals surface area contributed by atoms with E-state index in [0.717, 1.165) is 17.8 Å². The molecule has 0 bridgehead atoms. The third-order valence-electron chi connectivity index (χ3n) is 2.58. The first kappa shape index (κ1) is 9.65. The van der Waals surface area contributed by atoms with Gasteiger partial charge < -0.3 is 5.32 Å². The van der Waals surface area contributed by atoms with Crippen molar-refractivity contribution in [1.29, 1.82) is 0 Å². The summed E-state index contributed by atoms with van der Waals surface area (Å²) < 4.78 is 0. The summed E-state index contributed by atoms with van der Waals surface area (Å²) >= 11 is 1.71. The van der Waals surface area contributed by atoms with E-state index in [4.69, 9.17) is 0 Å². The Morgan fingerprint density at radius 1 is 1.71 bits per heavy atom. The highest BCUT2D eigenvalue weighted by Crippen LogP contribution is 2.26. The maximum Gasteiger partial charge on any atom is 0.220 e. The molecule has 76 valence electrons. The quantitative estimate of drug-likeness (QED) is 0.806. The average Bonchev–Trinajstić information content (AvgIpc) is 2.60. The second-order valence-electron chi connectivity index (χ2n) is 4.13. The molecule has 1 aliphatic heterocycles. The minimum atomic E-state index is -0.0456. The number of nitrogens with one attached hydrogen (secondary N) is 1. The molecule has 0 radical (unpaired) electrons. The lowest BCUT2D eigenvalue weighted by molar-refractivity contribution is -0.119. The number of carbonyl (C=O) groups is 1. The SMILES string of the molecule is Cc1ncc(CC2(C)CCC(=O)N2)s1. The summed E-state index contributed by atoms with van der Waals surface area (Å²) in [7, 11) is 0. The molecule has 2 heterocycles. The fraction of sp³-hybridized carbons (Fsp3) is 0.600. The average molecular weight is 210 g/mol. The molecule has 1 amide bonds. The molecule has 0 spiro atoms. The van der Waals surface area contributed by atoms with E-state index >= 15 is 0 Å². The van der Waals surface area contributed by atoms with Gasteiger partial charge in [0.1, 0.15) is 0 Å². The van der Waals surface area contributed by atoms with Crippen LogP contribution in [0.2, 0.25) is 0 Å². The fourth-order valence-electron chi connectivity index (χ4n) is 1.86. The van der Waals surface area contributed by atoms with Crippen molar-refractivity contribution < 1.29 is 4.79 Å². The van der Waals surface area contributed by atoms with Crippen LogP contribution in [-0.2, 0) is 11.2 Å². The third kappa shape index (κ3) is 1.95. The largest absolute Gasteiger partial charge is 0.351 e. The van der Waals surface area contributed by atoms with Crippen LogP contribution >= 0.6 is 11.3 Å². The summed E-state index contributed by atoms with van der Waals surface area (Å²) in [5, 5.41) is 4.12. The summed E-state index contributed by atoms with van der Waals surface area (Å²) in [5.74, 6) is 0.175. The van der Waals surface area contributed by atoms with Gasteiger partial charge in [-0.25, -0.2) is 4.98 Å². The molecule has 0 saturated carbocycles. The first-order valence-electron chi connectivity index (χ1n) is 4.80. The zero-order valence-corrected chi connectivity index (χ0v) is 9.28. The Kier molecular flexibility index (Phi) is 2.31. The standard InChI is InChI=1S/C10H14N2OS/c1-7-11-6-8(14-7)5-10(2)4-3-9(13)12-10/h6H,3-5H2,1-2H3,(H,12,13). The van der Waals surface area contributed by atoms with Crippen LogP contribution in [0.3, 0.4) is 0 Å². The molecule has 1 aromatic heterocycles. The van der Waals surface area contributed by atoms with E-state index < -0.39 is 0 Å². The van der Waals surface area contributed by atoms with Gasteiger partial charge in [-0.05, 0) is 20.3 Å². The Hall–Kier alpha value is -0.900. The van der Waals surface area contributed by atoms with Crippen LogP contribution in [0.1, 0.15) is 29.7 Å². The second kappa shape index (κ2) is 3.35. The molecule has 1 aromatic rings. The van der Waals surface area contributed by atoms with Crippen molar-refractivity contribution >= 4 is 17.2 Å². The van der Waals surface area contributed by atoms with Crippen molar-refractivity contribution in [3.63, 3.8) is 0 Å². The number of carbonyl (C=O) groups excluding carboxylic acids is 1. The van der Waals surface area contributed by atoms with Gasteiger partial charge in [-0.2, -0.15) is 0 Å². The summed E-state index contributed by atoms with van der Waals surface area (Å²) in [5.41, 5.74) is -0.0456. The number of amides is 1.